The van der Waals surface area contributed by atoms with Crippen LogP contribution in [0.2, 0.25) is 0 Å². The molecule has 2 aromatic rings. The van der Waals surface area contributed by atoms with E-state index in [1.165, 1.54) is 28.7 Å². The molecule has 27 heavy (non-hydrogen) atoms. The van der Waals surface area contributed by atoms with Crippen molar-refractivity contribution in [2.24, 2.45) is 0 Å². The molecule has 0 aromatic heterocycles. The van der Waals surface area contributed by atoms with Crippen LogP contribution in [0.5, 0.6) is 0 Å². The Kier molecular flexibility index (Phi) is 4.75. The van der Waals surface area contributed by atoms with Crippen LogP contribution in [-0.4, -0.2) is 0 Å². The normalized spacial score (nSPS) is 15.6. The summed E-state index contributed by atoms with van der Waals surface area (Å²) in [6.45, 7) is 14.1. The fourth-order valence-electron chi connectivity index (χ4n) is 4.21. The molecular formula is C26H30Zr. The van der Waals surface area contributed by atoms with Gasteiger partial charge in [-0.05, 0) is 0 Å². The van der Waals surface area contributed by atoms with Gasteiger partial charge in [0.1, 0.15) is 0 Å². The molecule has 1 heteroatoms. The fourth-order valence-corrected chi connectivity index (χ4v) is 8.36. The van der Waals surface area contributed by atoms with Gasteiger partial charge >= 0.3 is 177 Å². The Morgan fingerprint density at radius 2 is 1.59 bits per heavy atom. The van der Waals surface area contributed by atoms with Crippen LogP contribution in [0.3, 0.4) is 0 Å². The summed E-state index contributed by atoms with van der Waals surface area (Å²) in [4.78, 5) is 0. The molecule has 0 saturated heterocycles. The minimum absolute atomic E-state index is 0.209. The molecule has 0 amide bonds. The molecule has 2 aromatic carbocycles. The van der Waals surface area contributed by atoms with Crippen molar-refractivity contribution in [1.29, 1.82) is 0 Å². The first-order chi connectivity index (χ1) is 12.6. The third kappa shape index (κ3) is 3.61. The Labute approximate surface area is 176 Å². The first kappa shape index (κ1) is 19.1. The second-order valence-corrected chi connectivity index (χ2v) is 13.4. The number of fused-ring (bicyclic) bond motifs is 3. The molecule has 0 aliphatic heterocycles. The van der Waals surface area contributed by atoms with Gasteiger partial charge in [-0.2, -0.15) is 0 Å². The van der Waals surface area contributed by atoms with Crippen molar-refractivity contribution >= 4 is 3.27 Å². The van der Waals surface area contributed by atoms with E-state index in [0.717, 1.165) is 6.42 Å². The van der Waals surface area contributed by atoms with Crippen molar-refractivity contribution in [3.05, 3.63) is 74.1 Å². The number of allylic oxidation sites excluding steroid dienone is 4. The zero-order valence-corrected chi connectivity index (χ0v) is 20.0. The molecule has 0 fully saturated rings. The quantitative estimate of drug-likeness (QED) is 0.438. The molecule has 0 heterocycles. The Hall–Kier alpha value is -1.20. The van der Waals surface area contributed by atoms with E-state index < -0.39 is 23.2 Å². The van der Waals surface area contributed by atoms with Crippen molar-refractivity contribution < 1.29 is 23.2 Å². The molecule has 0 bridgehead atoms. The number of benzene rings is 2. The van der Waals surface area contributed by atoms with Gasteiger partial charge in [-0.1, -0.05) is 0 Å². The van der Waals surface area contributed by atoms with Crippen LogP contribution >= 0.6 is 0 Å². The molecule has 2 aliphatic carbocycles. The van der Waals surface area contributed by atoms with Crippen LogP contribution in [0.1, 0.15) is 70.2 Å². The average Bonchev–Trinajstić information content (AvgIpc) is 3.20. The predicted octanol–water partition coefficient (Wildman–Crippen LogP) is 6.40. The van der Waals surface area contributed by atoms with Gasteiger partial charge < -0.3 is 0 Å². The van der Waals surface area contributed by atoms with E-state index in [0.29, 0.717) is 0 Å². The zero-order valence-electron chi connectivity index (χ0n) is 17.5. The second kappa shape index (κ2) is 6.70. The molecule has 0 N–H and O–H groups in total. The molecule has 138 valence electrons. The summed E-state index contributed by atoms with van der Waals surface area (Å²) in [6, 6.07) is 12.0. The van der Waals surface area contributed by atoms with Crippen LogP contribution in [0.4, 0.5) is 0 Å². The van der Waals surface area contributed by atoms with Gasteiger partial charge in [-0.15, -0.1) is 0 Å². The summed E-state index contributed by atoms with van der Waals surface area (Å²) in [6.07, 6.45) is 9.26. The van der Waals surface area contributed by atoms with E-state index in [4.69, 9.17) is 0 Å². The van der Waals surface area contributed by atoms with Crippen LogP contribution in [0.15, 0.2) is 51.8 Å². The minimum atomic E-state index is -0.756. The summed E-state index contributed by atoms with van der Waals surface area (Å²) in [7, 11) is 0. The Morgan fingerprint density at radius 1 is 0.852 bits per heavy atom. The number of hydrogen-bond acceptors (Lipinski definition) is 0. The van der Waals surface area contributed by atoms with Crippen LogP contribution in [-0.2, 0) is 40.5 Å². The molecular weight excluding hydrogens is 404 g/mol. The Morgan fingerprint density at radius 3 is 2.22 bits per heavy atom. The fraction of sp³-hybridized carbons (Fsp3) is 0.385. The van der Waals surface area contributed by atoms with Crippen LogP contribution in [0.25, 0.3) is 11.1 Å². The molecule has 0 spiro atoms. The van der Waals surface area contributed by atoms with Gasteiger partial charge in [0.05, 0.1) is 0 Å². The molecule has 0 nitrogen and oxygen atoms in total. The van der Waals surface area contributed by atoms with Crippen molar-refractivity contribution in [3.63, 3.8) is 0 Å². The Bertz CT molecular complexity index is 959. The van der Waals surface area contributed by atoms with E-state index in [2.05, 4.69) is 90.1 Å². The molecule has 4 rings (SSSR count). The standard InChI is InChI=1S/C21H25.C5H5.Zr/c1-20(2,3)16-7-9-18-14(12-16)11-15-13-17(21(4,5)6)8-10-19(15)18;1-2-4-5-3-1;/h7-10,12H,11H2,1-6H3;1-3H,4H2;. The Balaban J connectivity index is 1.83. The van der Waals surface area contributed by atoms with Crippen molar-refractivity contribution in [2.75, 3.05) is 0 Å². The zero-order chi connectivity index (χ0) is 19.4. The van der Waals surface area contributed by atoms with Crippen LogP contribution in [0, 0.1) is 0 Å². The third-order valence-corrected chi connectivity index (χ3v) is 9.53. The van der Waals surface area contributed by atoms with Gasteiger partial charge in [0.15, 0.2) is 0 Å². The summed E-state index contributed by atoms with van der Waals surface area (Å²) >= 11 is -0.756. The van der Waals surface area contributed by atoms with E-state index in [1.54, 1.807) is 17.7 Å². The summed E-state index contributed by atoms with van der Waals surface area (Å²) in [5.74, 6) is 0. The average molecular weight is 434 g/mol. The number of hydrogen-bond donors (Lipinski definition) is 0. The SMILES string of the molecule is CC(C)(C)c1ccc2c(c1)Cc1c-2ccc(C(C)(C)C)[c]1[Zr][C]1=CC=CC1. The van der Waals surface area contributed by atoms with E-state index >= 15 is 0 Å². The summed E-state index contributed by atoms with van der Waals surface area (Å²) in [5, 5.41) is 0. The van der Waals surface area contributed by atoms with Gasteiger partial charge in [-0.3, -0.25) is 0 Å². The van der Waals surface area contributed by atoms with E-state index in [9.17, 15) is 0 Å². The van der Waals surface area contributed by atoms with Gasteiger partial charge in [0.2, 0.25) is 0 Å². The monoisotopic (exact) mass is 432 g/mol. The maximum atomic E-state index is 2.47. The summed E-state index contributed by atoms with van der Waals surface area (Å²) < 4.78 is 3.45. The molecule has 0 saturated carbocycles. The first-order valence-electron chi connectivity index (χ1n) is 10.1. The topological polar surface area (TPSA) is 0 Å². The van der Waals surface area contributed by atoms with Crippen molar-refractivity contribution in [2.45, 2.75) is 65.2 Å². The molecule has 0 unspecified atom stereocenters. The van der Waals surface area contributed by atoms with Crippen molar-refractivity contribution in [3.8, 4) is 11.1 Å². The third-order valence-electron chi connectivity index (χ3n) is 5.81. The van der Waals surface area contributed by atoms with E-state index in [-0.39, 0.29) is 10.8 Å². The molecule has 0 atom stereocenters. The van der Waals surface area contributed by atoms with Gasteiger partial charge in [-0.25, -0.2) is 0 Å². The van der Waals surface area contributed by atoms with Gasteiger partial charge in [0.25, 0.3) is 0 Å². The first-order valence-corrected chi connectivity index (χ1v) is 12.5. The summed E-state index contributed by atoms with van der Waals surface area (Å²) in [5.41, 5.74) is 9.60. The van der Waals surface area contributed by atoms with Gasteiger partial charge in [0, 0.05) is 0 Å². The maximum absolute atomic E-state index is 2.47. The van der Waals surface area contributed by atoms with Crippen LogP contribution < -0.4 is 3.27 Å². The second-order valence-electron chi connectivity index (χ2n) is 10.0. The number of rotatable bonds is 2. The van der Waals surface area contributed by atoms with E-state index in [1.807, 2.05) is 0 Å². The predicted molar refractivity (Wildman–Crippen MR) is 114 cm³/mol. The molecule has 2 aliphatic rings. The van der Waals surface area contributed by atoms with Crippen molar-refractivity contribution in [1.82, 2.24) is 0 Å². The molecule has 0 radical (unpaired) electrons.